The van der Waals surface area contributed by atoms with Gasteiger partial charge in [0.15, 0.2) is 0 Å². The maximum atomic E-state index is 4.29. The predicted molar refractivity (Wildman–Crippen MR) is 47.0 cm³/mol. The summed E-state index contributed by atoms with van der Waals surface area (Å²) in [6.07, 6.45) is 2.51. The lowest BCUT2D eigenvalue weighted by molar-refractivity contribution is 0.813. The molecule has 1 unspecified atom stereocenters. The van der Waals surface area contributed by atoms with Crippen LogP contribution in [-0.4, -0.2) is 8.66 Å². The molecule has 1 aliphatic rings. The van der Waals surface area contributed by atoms with Crippen molar-refractivity contribution in [3.05, 3.63) is 0 Å². The summed E-state index contributed by atoms with van der Waals surface area (Å²) in [6.45, 7) is 2.19. The van der Waals surface area contributed by atoms with Gasteiger partial charge in [0, 0.05) is 5.25 Å². The van der Waals surface area contributed by atoms with Crippen molar-refractivity contribution < 1.29 is 0 Å². The van der Waals surface area contributed by atoms with Crippen LogP contribution in [0.4, 0.5) is 0 Å². The molecule has 0 amide bonds. The Bertz CT molecular complexity index is 89.7. The van der Waals surface area contributed by atoms with E-state index in [1.807, 2.05) is 11.8 Å². The zero-order chi connectivity index (χ0) is 6.20. The molecular formula is C5H10S3. The molecular weight excluding hydrogens is 156 g/mol. The topological polar surface area (TPSA) is 0 Å². The van der Waals surface area contributed by atoms with Crippen LogP contribution in [0.3, 0.4) is 0 Å². The van der Waals surface area contributed by atoms with E-state index in [-0.39, 0.29) is 3.41 Å². The molecule has 0 saturated carbocycles. The summed E-state index contributed by atoms with van der Waals surface area (Å²) < 4.78 is 0.0238. The first-order chi connectivity index (χ1) is 3.67. The summed E-state index contributed by atoms with van der Waals surface area (Å²) in [5.41, 5.74) is 0. The second-order valence-electron chi connectivity index (χ2n) is 2.05. The van der Waals surface area contributed by atoms with Gasteiger partial charge >= 0.3 is 0 Å². The molecule has 48 valence electrons. The zero-order valence-electron chi connectivity index (χ0n) is 4.79. The fourth-order valence-corrected chi connectivity index (χ4v) is 2.53. The van der Waals surface area contributed by atoms with Gasteiger partial charge in [0.1, 0.15) is 3.41 Å². The fraction of sp³-hybridized carbons (Fsp3) is 1.00. The molecule has 3 heteroatoms. The molecule has 0 nitrogen and oxygen atoms in total. The van der Waals surface area contributed by atoms with Crippen molar-refractivity contribution in [1.82, 2.24) is 0 Å². The maximum absolute atomic E-state index is 4.29. The Morgan fingerprint density at radius 2 is 2.12 bits per heavy atom. The molecule has 1 rings (SSSR count). The summed E-state index contributed by atoms with van der Waals surface area (Å²) in [5.74, 6) is 0. The second kappa shape index (κ2) is 2.35. The summed E-state index contributed by atoms with van der Waals surface area (Å²) in [5, 5.41) is 0.708. The van der Waals surface area contributed by atoms with Crippen LogP contribution in [0, 0.1) is 0 Å². The molecule has 0 aromatic heterocycles. The Morgan fingerprint density at radius 1 is 1.62 bits per heavy atom. The van der Waals surface area contributed by atoms with Crippen LogP contribution in [0.5, 0.6) is 0 Å². The highest BCUT2D eigenvalue weighted by atomic mass is 32.2. The van der Waals surface area contributed by atoms with Gasteiger partial charge in [0.2, 0.25) is 0 Å². The average Bonchev–Trinajstić information content (AvgIpc) is 2.15. The lowest BCUT2D eigenvalue weighted by Crippen LogP contribution is -1.94. The Hall–Kier alpha value is 1.05. The monoisotopic (exact) mass is 166 g/mol. The highest BCUT2D eigenvalue weighted by Gasteiger charge is 2.48. The zero-order valence-corrected chi connectivity index (χ0v) is 7.40. The average molecular weight is 166 g/mol. The third-order valence-corrected chi connectivity index (χ3v) is 4.09. The molecule has 0 N–H and O–H groups in total. The molecule has 0 radical (unpaired) electrons. The van der Waals surface area contributed by atoms with E-state index >= 15 is 0 Å². The van der Waals surface area contributed by atoms with Gasteiger partial charge in [-0.25, -0.2) is 0 Å². The maximum Gasteiger partial charge on any atom is 0.113 e. The minimum atomic E-state index is 0.0238. The number of thiol groups is 2. The van der Waals surface area contributed by atoms with Gasteiger partial charge in [-0.3, -0.25) is 0 Å². The van der Waals surface area contributed by atoms with Crippen molar-refractivity contribution in [3.8, 4) is 0 Å². The van der Waals surface area contributed by atoms with E-state index in [1.54, 1.807) is 0 Å². The van der Waals surface area contributed by atoms with E-state index in [4.69, 9.17) is 0 Å². The SMILES string of the molecule is CCCC1SC1(S)S. The van der Waals surface area contributed by atoms with Gasteiger partial charge in [-0.05, 0) is 6.42 Å². The molecule has 0 bridgehead atoms. The minimum Gasteiger partial charge on any atom is -0.150 e. The first-order valence-electron chi connectivity index (χ1n) is 2.79. The number of hydrogen-bond acceptors (Lipinski definition) is 3. The van der Waals surface area contributed by atoms with E-state index in [1.165, 1.54) is 12.8 Å². The highest BCUT2D eigenvalue weighted by Crippen LogP contribution is 2.61. The van der Waals surface area contributed by atoms with Crippen molar-refractivity contribution in [3.63, 3.8) is 0 Å². The standard InChI is InChI=1S/C5H10S3/c1-2-3-4-5(6,7)8-4/h4,6-7H,2-3H2,1H3. The number of rotatable bonds is 2. The van der Waals surface area contributed by atoms with Crippen LogP contribution in [-0.2, 0) is 0 Å². The first kappa shape index (κ1) is 7.16. The number of thioether (sulfide) groups is 1. The smallest absolute Gasteiger partial charge is 0.113 e. The third-order valence-electron chi connectivity index (χ3n) is 1.23. The van der Waals surface area contributed by atoms with Crippen molar-refractivity contribution in [2.45, 2.75) is 28.4 Å². The Balaban J connectivity index is 2.17. The largest absolute Gasteiger partial charge is 0.150 e. The van der Waals surface area contributed by atoms with Crippen molar-refractivity contribution >= 4 is 37.0 Å². The van der Waals surface area contributed by atoms with Crippen LogP contribution in [0.15, 0.2) is 0 Å². The van der Waals surface area contributed by atoms with Gasteiger partial charge in [-0.1, -0.05) is 13.3 Å². The van der Waals surface area contributed by atoms with Crippen LogP contribution in [0.1, 0.15) is 19.8 Å². The Labute approximate surface area is 65.6 Å². The van der Waals surface area contributed by atoms with Crippen molar-refractivity contribution in [2.24, 2.45) is 0 Å². The van der Waals surface area contributed by atoms with Gasteiger partial charge in [0.05, 0.1) is 0 Å². The normalized spacial score (nSPS) is 32.6. The molecule has 1 atom stereocenters. The van der Waals surface area contributed by atoms with Crippen LogP contribution < -0.4 is 0 Å². The Kier molecular flexibility index (Phi) is 2.10. The summed E-state index contributed by atoms with van der Waals surface area (Å²) in [4.78, 5) is 0. The van der Waals surface area contributed by atoms with E-state index in [9.17, 15) is 0 Å². The third kappa shape index (κ3) is 1.52. The Morgan fingerprint density at radius 3 is 2.25 bits per heavy atom. The van der Waals surface area contributed by atoms with Crippen LogP contribution >= 0.6 is 37.0 Å². The second-order valence-corrected chi connectivity index (χ2v) is 5.87. The van der Waals surface area contributed by atoms with Gasteiger partial charge < -0.3 is 0 Å². The molecule has 1 fully saturated rings. The lowest BCUT2D eigenvalue weighted by atomic mass is 10.3. The molecule has 1 heterocycles. The molecule has 0 aliphatic carbocycles. The molecule has 0 spiro atoms. The molecule has 1 saturated heterocycles. The minimum absolute atomic E-state index is 0.0238. The van der Waals surface area contributed by atoms with E-state index < -0.39 is 0 Å². The van der Waals surface area contributed by atoms with Gasteiger partial charge in [0.25, 0.3) is 0 Å². The van der Waals surface area contributed by atoms with Crippen LogP contribution in [0.25, 0.3) is 0 Å². The van der Waals surface area contributed by atoms with Gasteiger partial charge in [-0.15, -0.1) is 11.8 Å². The molecule has 0 aromatic rings. The van der Waals surface area contributed by atoms with Crippen molar-refractivity contribution in [2.75, 3.05) is 0 Å². The van der Waals surface area contributed by atoms with Crippen molar-refractivity contribution in [1.29, 1.82) is 0 Å². The molecule has 0 aromatic carbocycles. The lowest BCUT2D eigenvalue weighted by Gasteiger charge is -1.93. The van der Waals surface area contributed by atoms with Crippen LogP contribution in [0.2, 0.25) is 0 Å². The quantitative estimate of drug-likeness (QED) is 0.361. The fourth-order valence-electron chi connectivity index (χ4n) is 0.684. The highest BCUT2D eigenvalue weighted by molar-refractivity contribution is 8.31. The van der Waals surface area contributed by atoms with E-state index in [2.05, 4.69) is 32.2 Å². The first-order valence-corrected chi connectivity index (χ1v) is 4.57. The molecule has 8 heavy (non-hydrogen) atoms. The summed E-state index contributed by atoms with van der Waals surface area (Å²) in [7, 11) is 0. The molecule has 1 aliphatic heterocycles. The predicted octanol–water partition coefficient (Wildman–Crippen LogP) is 2.42. The van der Waals surface area contributed by atoms with E-state index in [0.29, 0.717) is 5.25 Å². The number of hydrogen-bond donors (Lipinski definition) is 2. The van der Waals surface area contributed by atoms with Gasteiger partial charge in [-0.2, -0.15) is 25.3 Å². The summed E-state index contributed by atoms with van der Waals surface area (Å²) >= 11 is 10.4. The summed E-state index contributed by atoms with van der Waals surface area (Å²) in [6, 6.07) is 0. The van der Waals surface area contributed by atoms with E-state index in [0.717, 1.165) is 0 Å².